The zero-order valence-electron chi connectivity index (χ0n) is 11.7. The van der Waals surface area contributed by atoms with E-state index in [9.17, 15) is 0 Å². The van der Waals surface area contributed by atoms with Crippen LogP contribution >= 0.6 is 0 Å². The molecule has 4 nitrogen and oxygen atoms in total. The van der Waals surface area contributed by atoms with E-state index in [1.54, 1.807) is 0 Å². The summed E-state index contributed by atoms with van der Waals surface area (Å²) in [6.07, 6.45) is 3.43. The van der Waals surface area contributed by atoms with Crippen LogP contribution in [0.2, 0.25) is 0 Å². The van der Waals surface area contributed by atoms with Crippen molar-refractivity contribution in [1.82, 2.24) is 10.2 Å². The number of ether oxygens (including phenoxy) is 2. The minimum absolute atomic E-state index is 0.222. The van der Waals surface area contributed by atoms with Gasteiger partial charge in [-0.15, -0.1) is 0 Å². The van der Waals surface area contributed by atoms with Crippen LogP contribution in [-0.2, 0) is 6.42 Å². The van der Waals surface area contributed by atoms with Crippen LogP contribution in [-0.4, -0.2) is 44.4 Å². The molecule has 0 radical (unpaired) electrons. The maximum absolute atomic E-state index is 5.46. The molecule has 1 saturated heterocycles. The fourth-order valence-electron chi connectivity index (χ4n) is 3.00. The molecule has 0 aromatic heterocycles. The Morgan fingerprint density at radius 2 is 1.95 bits per heavy atom. The van der Waals surface area contributed by atoms with Gasteiger partial charge in [0.05, 0.1) is 0 Å². The first-order chi connectivity index (χ1) is 9.21. The Morgan fingerprint density at radius 1 is 1.21 bits per heavy atom. The highest BCUT2D eigenvalue weighted by Gasteiger charge is 2.32. The number of hydrogen-bond acceptors (Lipinski definition) is 4. The summed E-state index contributed by atoms with van der Waals surface area (Å²) in [5.41, 5.74) is 1.54. The van der Waals surface area contributed by atoms with Gasteiger partial charge in [0.1, 0.15) is 0 Å². The molecule has 0 aliphatic carbocycles. The lowest BCUT2D eigenvalue weighted by atomic mass is 9.82. The highest BCUT2D eigenvalue weighted by atomic mass is 16.7. The van der Waals surface area contributed by atoms with Crippen molar-refractivity contribution in [3.8, 4) is 11.5 Å². The lowest BCUT2D eigenvalue weighted by Crippen LogP contribution is -2.52. The standard InChI is InChI=1S/C15H22N2O2/c1-16-15(5-7-17(2)8-6-15)10-12-3-4-13-14(9-12)19-11-18-13/h3-4,9,16H,5-8,10-11H2,1-2H3. The van der Waals surface area contributed by atoms with Crippen molar-refractivity contribution < 1.29 is 9.47 Å². The zero-order chi connectivity index (χ0) is 13.3. The summed E-state index contributed by atoms with van der Waals surface area (Å²) >= 11 is 0. The SMILES string of the molecule is CNC1(Cc2ccc3c(c2)OCO3)CCN(C)CC1. The van der Waals surface area contributed by atoms with Crippen molar-refractivity contribution in [3.05, 3.63) is 23.8 Å². The van der Waals surface area contributed by atoms with Gasteiger partial charge in [0, 0.05) is 5.54 Å². The van der Waals surface area contributed by atoms with Crippen LogP contribution in [0.4, 0.5) is 0 Å². The molecule has 0 spiro atoms. The summed E-state index contributed by atoms with van der Waals surface area (Å²) < 4.78 is 10.8. The van der Waals surface area contributed by atoms with Crippen molar-refractivity contribution in [2.24, 2.45) is 0 Å². The van der Waals surface area contributed by atoms with Crippen LogP contribution in [0.5, 0.6) is 11.5 Å². The minimum atomic E-state index is 0.222. The smallest absolute Gasteiger partial charge is 0.231 e. The van der Waals surface area contributed by atoms with Gasteiger partial charge in [-0.05, 0) is 64.1 Å². The van der Waals surface area contributed by atoms with E-state index in [1.807, 2.05) is 6.07 Å². The Bertz CT molecular complexity index is 453. The van der Waals surface area contributed by atoms with E-state index in [2.05, 4.69) is 36.4 Å². The third-order valence-corrected chi connectivity index (χ3v) is 4.45. The van der Waals surface area contributed by atoms with Crippen molar-refractivity contribution in [1.29, 1.82) is 0 Å². The molecule has 2 aliphatic heterocycles. The number of hydrogen-bond donors (Lipinski definition) is 1. The van der Waals surface area contributed by atoms with Gasteiger partial charge in [-0.1, -0.05) is 6.07 Å². The third-order valence-electron chi connectivity index (χ3n) is 4.45. The van der Waals surface area contributed by atoms with Gasteiger partial charge in [0.2, 0.25) is 6.79 Å². The van der Waals surface area contributed by atoms with Crippen molar-refractivity contribution in [2.45, 2.75) is 24.8 Å². The molecule has 0 bridgehead atoms. The van der Waals surface area contributed by atoms with Crippen molar-refractivity contribution in [3.63, 3.8) is 0 Å². The van der Waals surface area contributed by atoms with Crippen LogP contribution in [0, 0.1) is 0 Å². The maximum atomic E-state index is 5.46. The fourth-order valence-corrected chi connectivity index (χ4v) is 3.00. The first kappa shape index (κ1) is 12.8. The van der Waals surface area contributed by atoms with Crippen LogP contribution in [0.1, 0.15) is 18.4 Å². The quantitative estimate of drug-likeness (QED) is 0.898. The average molecular weight is 262 g/mol. The molecule has 1 fully saturated rings. The second kappa shape index (κ2) is 5.02. The molecule has 0 unspecified atom stereocenters. The number of benzene rings is 1. The van der Waals surface area contributed by atoms with E-state index in [0.29, 0.717) is 6.79 Å². The molecule has 4 heteroatoms. The second-order valence-electron chi connectivity index (χ2n) is 5.70. The molecule has 1 aromatic carbocycles. The molecule has 104 valence electrons. The number of nitrogens with zero attached hydrogens (tertiary/aromatic N) is 1. The lowest BCUT2D eigenvalue weighted by Gasteiger charge is -2.41. The molecule has 0 amide bonds. The van der Waals surface area contributed by atoms with Crippen LogP contribution in [0.25, 0.3) is 0 Å². The fraction of sp³-hybridized carbons (Fsp3) is 0.600. The summed E-state index contributed by atoms with van der Waals surface area (Å²) in [5.74, 6) is 1.75. The number of piperidine rings is 1. The Morgan fingerprint density at radius 3 is 2.68 bits per heavy atom. The summed E-state index contributed by atoms with van der Waals surface area (Å²) in [7, 11) is 4.28. The monoisotopic (exact) mass is 262 g/mol. The molecule has 1 N–H and O–H groups in total. The molecule has 3 rings (SSSR count). The van der Waals surface area contributed by atoms with Gasteiger partial charge >= 0.3 is 0 Å². The van der Waals surface area contributed by atoms with Crippen LogP contribution < -0.4 is 14.8 Å². The van der Waals surface area contributed by atoms with Crippen molar-refractivity contribution in [2.75, 3.05) is 34.0 Å². The molecule has 0 atom stereocenters. The molecular weight excluding hydrogens is 240 g/mol. The van der Waals surface area contributed by atoms with E-state index in [1.165, 1.54) is 18.4 Å². The molecule has 19 heavy (non-hydrogen) atoms. The average Bonchev–Trinajstić information content (AvgIpc) is 2.89. The minimum Gasteiger partial charge on any atom is -0.454 e. The van der Waals surface area contributed by atoms with E-state index < -0.39 is 0 Å². The van der Waals surface area contributed by atoms with Crippen LogP contribution in [0.15, 0.2) is 18.2 Å². The Hall–Kier alpha value is -1.26. The maximum Gasteiger partial charge on any atom is 0.231 e. The van der Waals surface area contributed by atoms with Gasteiger partial charge < -0.3 is 19.7 Å². The van der Waals surface area contributed by atoms with Gasteiger partial charge in [-0.3, -0.25) is 0 Å². The molecule has 0 saturated carbocycles. The van der Waals surface area contributed by atoms with Gasteiger partial charge in [-0.25, -0.2) is 0 Å². The number of likely N-dealkylation sites (N-methyl/N-ethyl adjacent to an activating group) is 1. The Labute approximate surface area is 114 Å². The van der Waals surface area contributed by atoms with E-state index >= 15 is 0 Å². The highest BCUT2D eigenvalue weighted by Crippen LogP contribution is 2.34. The predicted octanol–water partition coefficient (Wildman–Crippen LogP) is 1.64. The normalized spacial score (nSPS) is 21.6. The third kappa shape index (κ3) is 2.55. The molecule has 2 aliphatic rings. The predicted molar refractivity (Wildman–Crippen MR) is 74.8 cm³/mol. The van der Waals surface area contributed by atoms with Gasteiger partial charge in [0.25, 0.3) is 0 Å². The van der Waals surface area contributed by atoms with Crippen LogP contribution in [0.3, 0.4) is 0 Å². The number of likely N-dealkylation sites (tertiary alicyclic amines) is 1. The largest absolute Gasteiger partial charge is 0.454 e. The highest BCUT2D eigenvalue weighted by molar-refractivity contribution is 5.44. The summed E-state index contributed by atoms with van der Waals surface area (Å²) in [5, 5.41) is 3.56. The first-order valence-electron chi connectivity index (χ1n) is 6.97. The van der Waals surface area contributed by atoms with E-state index in [4.69, 9.17) is 9.47 Å². The Balaban J connectivity index is 1.75. The molecule has 2 heterocycles. The molecule has 1 aromatic rings. The van der Waals surface area contributed by atoms with Gasteiger partial charge in [-0.2, -0.15) is 0 Å². The lowest BCUT2D eigenvalue weighted by molar-refractivity contribution is 0.163. The first-order valence-corrected chi connectivity index (χ1v) is 6.97. The van der Waals surface area contributed by atoms with E-state index in [-0.39, 0.29) is 5.54 Å². The number of rotatable bonds is 3. The summed E-state index contributed by atoms with van der Waals surface area (Å²) in [4.78, 5) is 2.40. The zero-order valence-corrected chi connectivity index (χ0v) is 11.7. The van der Waals surface area contributed by atoms with Crippen molar-refractivity contribution >= 4 is 0 Å². The summed E-state index contributed by atoms with van der Waals surface area (Å²) in [6.45, 7) is 2.66. The Kier molecular flexibility index (Phi) is 3.37. The second-order valence-corrected chi connectivity index (χ2v) is 5.70. The molecular formula is C15H22N2O2. The number of fused-ring (bicyclic) bond motifs is 1. The topological polar surface area (TPSA) is 33.7 Å². The summed E-state index contributed by atoms with van der Waals surface area (Å²) in [6, 6.07) is 6.31. The number of nitrogens with one attached hydrogen (secondary N) is 1. The van der Waals surface area contributed by atoms with E-state index in [0.717, 1.165) is 31.0 Å². The van der Waals surface area contributed by atoms with Gasteiger partial charge in [0.15, 0.2) is 11.5 Å².